The van der Waals surface area contributed by atoms with Crippen molar-refractivity contribution in [3.05, 3.63) is 42.2 Å². The third-order valence-corrected chi connectivity index (χ3v) is 1.79. The highest BCUT2D eigenvalue weighted by Gasteiger charge is 2.03. The minimum Gasteiger partial charge on any atom is -0.324 e. The molecule has 0 aliphatic heterocycles. The normalized spacial score (nSPS) is 12.5. The molecule has 0 aromatic carbocycles. The van der Waals surface area contributed by atoms with Gasteiger partial charge in [0.1, 0.15) is 0 Å². The maximum atomic E-state index is 5.81. The van der Waals surface area contributed by atoms with Gasteiger partial charge >= 0.3 is 0 Å². The van der Waals surface area contributed by atoms with Gasteiger partial charge in [-0.05, 0) is 19.1 Å². The number of pyridine rings is 1. The number of nitrogens with zero attached hydrogens (tertiary/aromatic N) is 1. The first-order chi connectivity index (χ1) is 5.70. The highest BCUT2D eigenvalue weighted by atomic mass is 14.7. The van der Waals surface area contributed by atoms with E-state index in [-0.39, 0.29) is 6.04 Å². The van der Waals surface area contributed by atoms with Gasteiger partial charge in [0.15, 0.2) is 0 Å². The fraction of sp³-hybridized carbons (Fsp3) is 0.300. The van der Waals surface area contributed by atoms with Crippen LogP contribution >= 0.6 is 0 Å². The van der Waals surface area contributed by atoms with Crippen molar-refractivity contribution in [1.82, 2.24) is 4.98 Å². The van der Waals surface area contributed by atoms with Gasteiger partial charge in [-0.15, -0.1) is 0 Å². The average Bonchev–Trinajstić information content (AvgIpc) is 2.06. The van der Waals surface area contributed by atoms with Crippen LogP contribution < -0.4 is 5.73 Å². The van der Waals surface area contributed by atoms with Crippen LogP contribution in [-0.2, 0) is 6.42 Å². The average molecular weight is 162 g/mol. The Hall–Kier alpha value is -1.15. The van der Waals surface area contributed by atoms with Crippen molar-refractivity contribution in [2.24, 2.45) is 5.73 Å². The second-order valence-electron chi connectivity index (χ2n) is 2.98. The Morgan fingerprint density at radius 1 is 1.67 bits per heavy atom. The molecule has 1 heterocycles. The van der Waals surface area contributed by atoms with E-state index < -0.39 is 0 Å². The molecule has 12 heavy (non-hydrogen) atoms. The lowest BCUT2D eigenvalue weighted by atomic mass is 10.1. The third-order valence-electron chi connectivity index (χ3n) is 1.79. The second-order valence-corrected chi connectivity index (χ2v) is 2.98. The molecule has 1 atom stereocenters. The van der Waals surface area contributed by atoms with E-state index in [9.17, 15) is 0 Å². The molecule has 2 nitrogen and oxygen atoms in total. The molecule has 0 bridgehead atoms. The maximum absolute atomic E-state index is 5.81. The van der Waals surface area contributed by atoms with Gasteiger partial charge in [-0.3, -0.25) is 4.98 Å². The molecule has 0 aliphatic rings. The van der Waals surface area contributed by atoms with E-state index in [1.165, 1.54) is 0 Å². The summed E-state index contributed by atoms with van der Waals surface area (Å²) in [6, 6.07) is 5.87. The summed E-state index contributed by atoms with van der Waals surface area (Å²) in [5, 5.41) is 0. The predicted octanol–water partition coefficient (Wildman–Crippen LogP) is 1.53. The summed E-state index contributed by atoms with van der Waals surface area (Å²) in [7, 11) is 0. The third kappa shape index (κ3) is 2.47. The highest BCUT2D eigenvalue weighted by molar-refractivity contribution is 5.10. The molecule has 64 valence electrons. The highest BCUT2D eigenvalue weighted by Crippen LogP contribution is 2.02. The summed E-state index contributed by atoms with van der Waals surface area (Å²) in [6.07, 6.45) is 2.55. The summed E-state index contributed by atoms with van der Waals surface area (Å²) < 4.78 is 0. The number of rotatable bonds is 3. The molecule has 1 aromatic rings. The SMILES string of the molecule is C=C(C)C(N)Cc1ccccn1. The summed E-state index contributed by atoms with van der Waals surface area (Å²) in [5.41, 5.74) is 7.83. The Labute approximate surface area is 73.1 Å². The molecule has 0 aliphatic carbocycles. The first-order valence-electron chi connectivity index (χ1n) is 4.01. The lowest BCUT2D eigenvalue weighted by molar-refractivity contribution is 0.749. The van der Waals surface area contributed by atoms with E-state index in [2.05, 4.69) is 11.6 Å². The lowest BCUT2D eigenvalue weighted by Crippen LogP contribution is -2.23. The molecule has 1 rings (SSSR count). The van der Waals surface area contributed by atoms with Crippen LogP contribution in [0.2, 0.25) is 0 Å². The van der Waals surface area contributed by atoms with Crippen LogP contribution in [-0.4, -0.2) is 11.0 Å². The fourth-order valence-electron chi connectivity index (χ4n) is 0.918. The first kappa shape index (κ1) is 8.94. The van der Waals surface area contributed by atoms with Crippen molar-refractivity contribution < 1.29 is 0 Å². The Morgan fingerprint density at radius 2 is 2.42 bits per heavy atom. The zero-order chi connectivity index (χ0) is 8.97. The zero-order valence-corrected chi connectivity index (χ0v) is 7.33. The van der Waals surface area contributed by atoms with Crippen LogP contribution in [0.4, 0.5) is 0 Å². The van der Waals surface area contributed by atoms with Gasteiger partial charge in [-0.25, -0.2) is 0 Å². The van der Waals surface area contributed by atoms with Crippen molar-refractivity contribution in [2.75, 3.05) is 0 Å². The molecule has 2 N–H and O–H groups in total. The Kier molecular flexibility index (Phi) is 3.00. The van der Waals surface area contributed by atoms with Gasteiger partial charge in [0.2, 0.25) is 0 Å². The fourth-order valence-corrected chi connectivity index (χ4v) is 0.918. The summed E-state index contributed by atoms with van der Waals surface area (Å²) in [5.74, 6) is 0. The number of aromatic nitrogens is 1. The Bertz CT molecular complexity index is 254. The van der Waals surface area contributed by atoms with Gasteiger partial charge in [0.05, 0.1) is 0 Å². The van der Waals surface area contributed by atoms with Gasteiger partial charge in [0, 0.05) is 24.4 Å². The molecule has 0 saturated carbocycles. The molecule has 0 radical (unpaired) electrons. The van der Waals surface area contributed by atoms with Crippen LogP contribution in [0.1, 0.15) is 12.6 Å². The monoisotopic (exact) mass is 162 g/mol. The van der Waals surface area contributed by atoms with Crippen molar-refractivity contribution in [2.45, 2.75) is 19.4 Å². The Balaban J connectivity index is 2.58. The number of hydrogen-bond acceptors (Lipinski definition) is 2. The van der Waals surface area contributed by atoms with Crippen LogP contribution in [0.3, 0.4) is 0 Å². The van der Waals surface area contributed by atoms with E-state index in [0.717, 1.165) is 17.7 Å². The zero-order valence-electron chi connectivity index (χ0n) is 7.33. The second kappa shape index (κ2) is 4.02. The van der Waals surface area contributed by atoms with E-state index in [1.807, 2.05) is 25.1 Å². The lowest BCUT2D eigenvalue weighted by Gasteiger charge is -2.09. The summed E-state index contributed by atoms with van der Waals surface area (Å²) in [6.45, 7) is 5.74. The molecular weight excluding hydrogens is 148 g/mol. The minimum absolute atomic E-state index is 0.0277. The predicted molar refractivity (Wildman–Crippen MR) is 50.7 cm³/mol. The topological polar surface area (TPSA) is 38.9 Å². The molecule has 0 spiro atoms. The van der Waals surface area contributed by atoms with Crippen LogP contribution in [0.25, 0.3) is 0 Å². The summed E-state index contributed by atoms with van der Waals surface area (Å²) in [4.78, 5) is 4.18. The van der Waals surface area contributed by atoms with Crippen LogP contribution in [0.5, 0.6) is 0 Å². The van der Waals surface area contributed by atoms with Crippen molar-refractivity contribution >= 4 is 0 Å². The molecule has 2 heteroatoms. The quantitative estimate of drug-likeness (QED) is 0.684. The smallest absolute Gasteiger partial charge is 0.0422 e. The van der Waals surface area contributed by atoms with Crippen molar-refractivity contribution in [1.29, 1.82) is 0 Å². The molecule has 0 fully saturated rings. The summed E-state index contributed by atoms with van der Waals surface area (Å²) >= 11 is 0. The van der Waals surface area contributed by atoms with E-state index >= 15 is 0 Å². The number of nitrogens with two attached hydrogens (primary N) is 1. The van der Waals surface area contributed by atoms with Crippen molar-refractivity contribution in [3.8, 4) is 0 Å². The standard InChI is InChI=1S/C10H14N2/c1-8(2)10(11)7-9-5-3-4-6-12-9/h3-6,10H,1,7,11H2,2H3. The molecule has 1 unspecified atom stereocenters. The molecule has 1 aromatic heterocycles. The van der Waals surface area contributed by atoms with Crippen LogP contribution in [0.15, 0.2) is 36.5 Å². The van der Waals surface area contributed by atoms with Gasteiger partial charge in [-0.1, -0.05) is 18.2 Å². The number of hydrogen-bond donors (Lipinski definition) is 1. The minimum atomic E-state index is 0.0277. The van der Waals surface area contributed by atoms with Gasteiger partial charge in [-0.2, -0.15) is 0 Å². The molecule has 0 amide bonds. The van der Waals surface area contributed by atoms with Gasteiger partial charge < -0.3 is 5.73 Å². The Morgan fingerprint density at radius 3 is 2.92 bits per heavy atom. The maximum Gasteiger partial charge on any atom is 0.0422 e. The molecule has 0 saturated heterocycles. The van der Waals surface area contributed by atoms with E-state index in [4.69, 9.17) is 5.73 Å². The molecular formula is C10H14N2. The van der Waals surface area contributed by atoms with E-state index in [1.54, 1.807) is 6.20 Å². The van der Waals surface area contributed by atoms with Crippen LogP contribution in [0, 0.1) is 0 Å². The first-order valence-corrected chi connectivity index (χ1v) is 4.01. The van der Waals surface area contributed by atoms with E-state index in [0.29, 0.717) is 0 Å². The van der Waals surface area contributed by atoms with Crippen molar-refractivity contribution in [3.63, 3.8) is 0 Å². The van der Waals surface area contributed by atoms with Gasteiger partial charge in [0.25, 0.3) is 0 Å². The largest absolute Gasteiger partial charge is 0.324 e.